The van der Waals surface area contributed by atoms with Crippen molar-refractivity contribution in [2.45, 2.75) is 0 Å². The summed E-state index contributed by atoms with van der Waals surface area (Å²) in [4.78, 5) is 5.03. The molecule has 1 aromatic carbocycles. The third-order valence-corrected chi connectivity index (χ3v) is 3.51. The second-order valence-electron chi connectivity index (χ2n) is 2.53. The summed E-state index contributed by atoms with van der Waals surface area (Å²) in [7, 11) is -0.326. The van der Waals surface area contributed by atoms with Crippen LogP contribution in [0.25, 0.3) is 0 Å². The standard InChI is InChI=1S/C9H10NOP/c1-2-5-9(6-3-1)12-8-4-7-11-10-12/h1-7,10H,8H2. The van der Waals surface area contributed by atoms with Crippen molar-refractivity contribution in [3.8, 4) is 0 Å². The average Bonchev–Trinajstić information content (AvgIpc) is 2.21. The van der Waals surface area contributed by atoms with Gasteiger partial charge in [-0.2, -0.15) is 0 Å². The van der Waals surface area contributed by atoms with E-state index >= 15 is 0 Å². The maximum Gasteiger partial charge on any atom is 0.108 e. The summed E-state index contributed by atoms with van der Waals surface area (Å²) in [6, 6.07) is 10.4. The molecule has 0 bridgehead atoms. The van der Waals surface area contributed by atoms with E-state index in [2.05, 4.69) is 35.6 Å². The maximum atomic E-state index is 5.03. The van der Waals surface area contributed by atoms with Gasteiger partial charge in [0.1, 0.15) is 6.26 Å². The van der Waals surface area contributed by atoms with Crippen molar-refractivity contribution in [1.82, 2.24) is 5.25 Å². The number of nitrogens with one attached hydrogen (secondary N) is 1. The third kappa shape index (κ3) is 1.66. The highest BCUT2D eigenvalue weighted by atomic mass is 31.1. The molecule has 62 valence electrons. The molecule has 3 heteroatoms. The minimum Gasteiger partial charge on any atom is -0.413 e. The van der Waals surface area contributed by atoms with E-state index in [-0.39, 0.29) is 8.07 Å². The topological polar surface area (TPSA) is 21.3 Å². The number of hydrogen-bond donors (Lipinski definition) is 1. The van der Waals surface area contributed by atoms with Gasteiger partial charge in [-0.25, -0.2) is 0 Å². The first-order valence-corrected chi connectivity index (χ1v) is 5.38. The van der Waals surface area contributed by atoms with Crippen molar-refractivity contribution in [2.75, 3.05) is 6.16 Å². The van der Waals surface area contributed by atoms with Gasteiger partial charge in [-0.15, -0.1) is 5.25 Å². The Morgan fingerprint density at radius 3 is 2.75 bits per heavy atom. The second-order valence-corrected chi connectivity index (χ2v) is 4.45. The van der Waals surface area contributed by atoms with E-state index in [1.165, 1.54) is 5.30 Å². The number of allylic oxidation sites excluding steroid dienone is 1. The van der Waals surface area contributed by atoms with Gasteiger partial charge < -0.3 is 4.84 Å². The average molecular weight is 179 g/mol. The highest BCUT2D eigenvalue weighted by molar-refractivity contribution is 7.63. The van der Waals surface area contributed by atoms with Gasteiger partial charge in [0.2, 0.25) is 0 Å². The summed E-state index contributed by atoms with van der Waals surface area (Å²) in [5.41, 5.74) is 0. The second kappa shape index (κ2) is 3.70. The minimum atomic E-state index is -0.326. The van der Waals surface area contributed by atoms with Gasteiger partial charge in [0.05, 0.1) is 0 Å². The third-order valence-electron chi connectivity index (χ3n) is 1.68. The molecule has 1 N–H and O–H groups in total. The van der Waals surface area contributed by atoms with Crippen molar-refractivity contribution in [3.63, 3.8) is 0 Å². The van der Waals surface area contributed by atoms with E-state index in [0.717, 1.165) is 6.16 Å². The van der Waals surface area contributed by atoms with E-state index in [9.17, 15) is 0 Å². The zero-order valence-corrected chi connectivity index (χ0v) is 7.50. The maximum absolute atomic E-state index is 5.03. The Hall–Kier alpha value is -0.850. The number of hydrogen-bond acceptors (Lipinski definition) is 2. The van der Waals surface area contributed by atoms with Crippen molar-refractivity contribution in [2.24, 2.45) is 0 Å². The van der Waals surface area contributed by atoms with Crippen LogP contribution in [0, 0.1) is 0 Å². The zero-order chi connectivity index (χ0) is 8.23. The highest BCUT2D eigenvalue weighted by Gasteiger charge is 2.10. The summed E-state index contributed by atoms with van der Waals surface area (Å²) >= 11 is 0. The molecule has 1 aliphatic rings. The van der Waals surface area contributed by atoms with E-state index in [0.29, 0.717) is 0 Å². The van der Waals surface area contributed by atoms with Gasteiger partial charge in [0.25, 0.3) is 0 Å². The molecular weight excluding hydrogens is 169 g/mol. The summed E-state index contributed by atoms with van der Waals surface area (Å²) in [5, 5.41) is 4.34. The molecule has 0 fully saturated rings. The molecule has 1 aromatic rings. The van der Waals surface area contributed by atoms with E-state index in [1.807, 2.05) is 6.07 Å². The van der Waals surface area contributed by atoms with Crippen LogP contribution in [-0.4, -0.2) is 6.16 Å². The van der Waals surface area contributed by atoms with Crippen molar-refractivity contribution < 1.29 is 4.84 Å². The minimum absolute atomic E-state index is 0.326. The normalized spacial score (nSPS) is 21.8. The molecule has 1 heterocycles. The fraction of sp³-hybridized carbons (Fsp3) is 0.111. The molecule has 2 nitrogen and oxygen atoms in total. The van der Waals surface area contributed by atoms with E-state index in [1.54, 1.807) is 6.26 Å². The quantitative estimate of drug-likeness (QED) is 0.663. The molecule has 0 spiro atoms. The molecule has 1 atom stereocenters. The van der Waals surface area contributed by atoms with Crippen molar-refractivity contribution in [3.05, 3.63) is 42.7 Å². The van der Waals surface area contributed by atoms with Gasteiger partial charge in [-0.3, -0.25) is 0 Å². The molecule has 0 saturated carbocycles. The first kappa shape index (κ1) is 7.78. The molecule has 0 radical (unpaired) electrons. The molecular formula is C9H10NOP. The lowest BCUT2D eigenvalue weighted by molar-refractivity contribution is 0.205. The van der Waals surface area contributed by atoms with Crippen LogP contribution in [-0.2, 0) is 4.84 Å². The number of rotatable bonds is 1. The summed E-state index contributed by atoms with van der Waals surface area (Å²) in [6.07, 6.45) is 4.80. The van der Waals surface area contributed by atoms with E-state index in [4.69, 9.17) is 4.84 Å². The van der Waals surface area contributed by atoms with Crippen LogP contribution in [0.1, 0.15) is 0 Å². The van der Waals surface area contributed by atoms with Crippen LogP contribution in [0.3, 0.4) is 0 Å². The Morgan fingerprint density at radius 2 is 2.08 bits per heavy atom. The first-order chi connectivity index (χ1) is 5.97. The molecule has 1 unspecified atom stereocenters. The van der Waals surface area contributed by atoms with Gasteiger partial charge in [0.15, 0.2) is 0 Å². The summed E-state index contributed by atoms with van der Waals surface area (Å²) < 4.78 is 0. The van der Waals surface area contributed by atoms with Crippen LogP contribution < -0.4 is 10.6 Å². The number of benzene rings is 1. The van der Waals surface area contributed by atoms with Gasteiger partial charge in [-0.1, -0.05) is 30.3 Å². The monoisotopic (exact) mass is 179 g/mol. The summed E-state index contributed by atoms with van der Waals surface area (Å²) in [6.45, 7) is 0. The smallest absolute Gasteiger partial charge is 0.108 e. The van der Waals surface area contributed by atoms with Gasteiger partial charge in [-0.05, 0) is 11.4 Å². The lowest BCUT2D eigenvalue weighted by Gasteiger charge is -2.19. The van der Waals surface area contributed by atoms with Crippen molar-refractivity contribution in [1.29, 1.82) is 0 Å². The predicted molar refractivity (Wildman–Crippen MR) is 51.2 cm³/mol. The van der Waals surface area contributed by atoms with E-state index < -0.39 is 0 Å². The summed E-state index contributed by atoms with van der Waals surface area (Å²) in [5.74, 6) is 0. The fourth-order valence-electron chi connectivity index (χ4n) is 1.09. The largest absolute Gasteiger partial charge is 0.413 e. The first-order valence-electron chi connectivity index (χ1n) is 3.86. The van der Waals surface area contributed by atoms with Gasteiger partial charge >= 0.3 is 0 Å². The SMILES string of the molecule is C1=CONP(c2ccccc2)C1. The zero-order valence-electron chi connectivity index (χ0n) is 6.60. The highest BCUT2D eigenvalue weighted by Crippen LogP contribution is 2.31. The van der Waals surface area contributed by atoms with Crippen LogP contribution in [0.2, 0.25) is 0 Å². The Balaban J connectivity index is 2.15. The molecule has 0 aliphatic carbocycles. The molecule has 0 saturated heterocycles. The lowest BCUT2D eigenvalue weighted by atomic mass is 10.4. The fourth-order valence-corrected chi connectivity index (χ4v) is 2.50. The van der Waals surface area contributed by atoms with Crippen LogP contribution in [0.15, 0.2) is 42.7 Å². The molecule has 12 heavy (non-hydrogen) atoms. The molecule has 1 aliphatic heterocycles. The lowest BCUT2D eigenvalue weighted by Crippen LogP contribution is -2.18. The molecule has 0 aromatic heterocycles. The predicted octanol–water partition coefficient (Wildman–Crippen LogP) is 1.76. The van der Waals surface area contributed by atoms with Crippen molar-refractivity contribution >= 4 is 13.4 Å². The van der Waals surface area contributed by atoms with Crippen LogP contribution >= 0.6 is 8.07 Å². The van der Waals surface area contributed by atoms with Crippen LogP contribution in [0.4, 0.5) is 0 Å². The Bertz CT molecular complexity index is 273. The molecule has 0 amide bonds. The Morgan fingerprint density at radius 1 is 1.25 bits per heavy atom. The Kier molecular flexibility index (Phi) is 2.40. The van der Waals surface area contributed by atoms with Crippen LogP contribution in [0.5, 0.6) is 0 Å². The molecule has 2 rings (SSSR count). The van der Waals surface area contributed by atoms with Gasteiger partial charge in [0, 0.05) is 14.2 Å². The Labute approximate surface area is 73.0 Å².